The second-order valence-electron chi connectivity index (χ2n) is 5.93. The van der Waals surface area contributed by atoms with Crippen LogP contribution in [0.15, 0.2) is 53.7 Å². The number of likely N-dealkylation sites (N-methyl/N-ethyl adjacent to an activating group) is 1. The molecule has 7 heteroatoms. The highest BCUT2D eigenvalue weighted by Crippen LogP contribution is 2.32. The Kier molecular flexibility index (Phi) is 4.38. The van der Waals surface area contributed by atoms with Crippen LogP contribution in [0.1, 0.15) is 23.6 Å². The molecule has 0 radical (unpaired) electrons. The van der Waals surface area contributed by atoms with E-state index in [1.807, 2.05) is 6.07 Å². The number of hydrogen-bond acceptors (Lipinski definition) is 4. The van der Waals surface area contributed by atoms with E-state index in [0.29, 0.717) is 5.56 Å². The number of aromatic nitrogens is 1. The smallest absolute Gasteiger partial charge is 0.241 e. The molecule has 1 N–H and O–H groups in total. The molecule has 2 aromatic rings. The molecule has 0 bridgehead atoms. The van der Waals surface area contributed by atoms with Gasteiger partial charge in [0.25, 0.3) is 0 Å². The number of amides is 1. The number of carbonyl (C=O) groups excluding carboxylic acids is 1. The van der Waals surface area contributed by atoms with Gasteiger partial charge < -0.3 is 4.90 Å². The topological polar surface area (TPSA) is 79.4 Å². The van der Waals surface area contributed by atoms with Crippen LogP contribution in [-0.2, 0) is 14.8 Å². The molecular formula is C17H19N3O3S. The van der Waals surface area contributed by atoms with Crippen LogP contribution in [-0.4, -0.2) is 37.3 Å². The summed E-state index contributed by atoms with van der Waals surface area (Å²) in [5, 5.41) is 0. The number of hydrogen-bond donors (Lipinski definition) is 1. The molecule has 3 rings (SSSR count). The van der Waals surface area contributed by atoms with E-state index in [2.05, 4.69) is 9.71 Å². The van der Waals surface area contributed by atoms with E-state index < -0.39 is 16.1 Å². The molecule has 1 amide bonds. The molecule has 1 saturated heterocycles. The second kappa shape index (κ2) is 6.33. The number of likely N-dealkylation sites (tertiary alicyclic amines) is 1. The van der Waals surface area contributed by atoms with Gasteiger partial charge in [0.1, 0.15) is 0 Å². The van der Waals surface area contributed by atoms with E-state index >= 15 is 0 Å². The Hall–Kier alpha value is -2.25. The molecule has 0 aliphatic carbocycles. The maximum atomic E-state index is 12.7. The summed E-state index contributed by atoms with van der Waals surface area (Å²) in [7, 11) is -2.03. The first-order valence-corrected chi connectivity index (χ1v) is 9.12. The fraction of sp³-hybridized carbons (Fsp3) is 0.294. The number of carbonyl (C=O) groups is 1. The molecular weight excluding hydrogens is 326 g/mol. The lowest BCUT2D eigenvalue weighted by molar-refractivity contribution is -0.127. The Morgan fingerprint density at radius 2 is 1.96 bits per heavy atom. The van der Waals surface area contributed by atoms with Gasteiger partial charge in [-0.25, -0.2) is 13.1 Å². The Morgan fingerprint density at radius 1 is 1.21 bits per heavy atom. The maximum Gasteiger partial charge on any atom is 0.241 e. The van der Waals surface area contributed by atoms with Crippen LogP contribution in [0.4, 0.5) is 0 Å². The van der Waals surface area contributed by atoms with Gasteiger partial charge in [-0.15, -0.1) is 0 Å². The van der Waals surface area contributed by atoms with Gasteiger partial charge in [-0.3, -0.25) is 9.78 Å². The summed E-state index contributed by atoms with van der Waals surface area (Å²) in [5.74, 6) is -0.0960. The highest BCUT2D eigenvalue weighted by Gasteiger charge is 2.41. The van der Waals surface area contributed by atoms with Crippen LogP contribution in [0.25, 0.3) is 0 Å². The quantitative estimate of drug-likeness (QED) is 0.914. The van der Waals surface area contributed by atoms with Crippen molar-refractivity contribution in [2.45, 2.75) is 30.3 Å². The van der Waals surface area contributed by atoms with Gasteiger partial charge in [0, 0.05) is 25.9 Å². The molecule has 24 heavy (non-hydrogen) atoms. The van der Waals surface area contributed by atoms with Gasteiger partial charge in [0.2, 0.25) is 15.9 Å². The standard InChI is InChI=1S/C17H19N3O3S/c1-12-6-3-4-8-15(12)24(22,23)19-14-10-16(21)20(2)17(14)13-7-5-9-18-11-13/h3-9,11,14,17,19H,10H2,1-2H3/t14-,17+/m1/s1. The number of benzene rings is 1. The highest BCUT2D eigenvalue weighted by atomic mass is 32.2. The Labute approximate surface area is 141 Å². The molecule has 1 aromatic heterocycles. The summed E-state index contributed by atoms with van der Waals surface area (Å²) >= 11 is 0. The zero-order valence-corrected chi connectivity index (χ0v) is 14.3. The maximum absolute atomic E-state index is 12.7. The van der Waals surface area contributed by atoms with Crippen LogP contribution in [0.2, 0.25) is 0 Å². The zero-order chi connectivity index (χ0) is 17.3. The van der Waals surface area contributed by atoms with E-state index in [0.717, 1.165) is 5.56 Å². The second-order valence-corrected chi connectivity index (χ2v) is 7.62. The van der Waals surface area contributed by atoms with Crippen molar-refractivity contribution in [3.8, 4) is 0 Å². The van der Waals surface area contributed by atoms with Crippen molar-refractivity contribution in [3.05, 3.63) is 59.9 Å². The molecule has 1 aliphatic heterocycles. The normalized spacial score (nSPS) is 21.2. The van der Waals surface area contributed by atoms with Crippen LogP contribution < -0.4 is 4.72 Å². The van der Waals surface area contributed by atoms with Crippen molar-refractivity contribution in [2.24, 2.45) is 0 Å². The summed E-state index contributed by atoms with van der Waals surface area (Å²) in [6.45, 7) is 1.75. The first kappa shape index (κ1) is 16.6. The largest absolute Gasteiger partial charge is 0.337 e. The summed E-state index contributed by atoms with van der Waals surface area (Å²) in [5.41, 5.74) is 1.48. The number of nitrogens with one attached hydrogen (secondary N) is 1. The van der Waals surface area contributed by atoms with E-state index in [4.69, 9.17) is 0 Å². The Balaban J connectivity index is 1.93. The fourth-order valence-corrected chi connectivity index (χ4v) is 4.59. The van der Waals surface area contributed by atoms with Gasteiger partial charge in [0.05, 0.1) is 17.0 Å². The SMILES string of the molecule is Cc1ccccc1S(=O)(=O)N[C@@H]1CC(=O)N(C)[C@H]1c1cccnc1. The van der Waals surface area contributed by atoms with Crippen molar-refractivity contribution in [3.63, 3.8) is 0 Å². The Morgan fingerprint density at radius 3 is 2.62 bits per heavy atom. The van der Waals surface area contributed by atoms with Crippen LogP contribution in [0.3, 0.4) is 0 Å². The number of aryl methyl sites for hydroxylation is 1. The summed E-state index contributed by atoms with van der Waals surface area (Å²) in [6.07, 6.45) is 3.43. The number of nitrogens with zero attached hydrogens (tertiary/aromatic N) is 2. The van der Waals surface area contributed by atoms with E-state index in [1.54, 1.807) is 61.6 Å². The minimum Gasteiger partial charge on any atom is -0.337 e. The first-order chi connectivity index (χ1) is 11.4. The number of pyridine rings is 1. The first-order valence-electron chi connectivity index (χ1n) is 7.63. The summed E-state index contributed by atoms with van der Waals surface area (Å²) in [4.78, 5) is 18.0. The molecule has 0 spiro atoms. The molecule has 2 atom stereocenters. The Bertz CT molecular complexity index is 852. The van der Waals surface area contributed by atoms with Crippen molar-refractivity contribution >= 4 is 15.9 Å². The highest BCUT2D eigenvalue weighted by molar-refractivity contribution is 7.89. The van der Waals surface area contributed by atoms with E-state index in [-0.39, 0.29) is 23.3 Å². The monoisotopic (exact) mass is 345 g/mol. The van der Waals surface area contributed by atoms with E-state index in [1.165, 1.54) is 0 Å². The minimum absolute atomic E-state index is 0.0960. The molecule has 6 nitrogen and oxygen atoms in total. The summed E-state index contributed by atoms with van der Waals surface area (Å²) < 4.78 is 28.2. The van der Waals surface area contributed by atoms with Gasteiger partial charge >= 0.3 is 0 Å². The number of sulfonamides is 1. The summed E-state index contributed by atoms with van der Waals surface area (Å²) in [6, 6.07) is 9.52. The van der Waals surface area contributed by atoms with Gasteiger partial charge in [-0.2, -0.15) is 0 Å². The molecule has 126 valence electrons. The lowest BCUT2D eigenvalue weighted by Gasteiger charge is -2.25. The van der Waals surface area contributed by atoms with Gasteiger partial charge in [-0.1, -0.05) is 24.3 Å². The van der Waals surface area contributed by atoms with Gasteiger partial charge in [0.15, 0.2) is 0 Å². The average molecular weight is 345 g/mol. The number of rotatable bonds is 4. The molecule has 0 unspecified atom stereocenters. The fourth-order valence-electron chi connectivity index (χ4n) is 3.10. The van der Waals surface area contributed by atoms with Crippen LogP contribution in [0.5, 0.6) is 0 Å². The third-order valence-electron chi connectivity index (χ3n) is 4.30. The van der Waals surface area contributed by atoms with Crippen LogP contribution >= 0.6 is 0 Å². The zero-order valence-electron chi connectivity index (χ0n) is 13.5. The lowest BCUT2D eigenvalue weighted by atomic mass is 10.0. The van der Waals surface area contributed by atoms with Crippen molar-refractivity contribution in [1.82, 2.24) is 14.6 Å². The minimum atomic E-state index is -3.71. The molecule has 2 heterocycles. The van der Waals surface area contributed by atoms with Crippen molar-refractivity contribution < 1.29 is 13.2 Å². The van der Waals surface area contributed by atoms with Crippen LogP contribution in [0, 0.1) is 6.92 Å². The van der Waals surface area contributed by atoms with Crippen molar-refractivity contribution in [1.29, 1.82) is 0 Å². The molecule has 1 aliphatic rings. The molecule has 0 saturated carbocycles. The third kappa shape index (κ3) is 3.05. The van der Waals surface area contributed by atoms with E-state index in [9.17, 15) is 13.2 Å². The predicted molar refractivity (Wildman–Crippen MR) is 89.7 cm³/mol. The lowest BCUT2D eigenvalue weighted by Crippen LogP contribution is -2.39. The molecule has 1 fully saturated rings. The van der Waals surface area contributed by atoms with Gasteiger partial charge in [-0.05, 0) is 30.2 Å². The predicted octanol–water partition coefficient (Wildman–Crippen LogP) is 1.64. The average Bonchev–Trinajstić information content (AvgIpc) is 2.82. The molecule has 1 aromatic carbocycles. The third-order valence-corrected chi connectivity index (χ3v) is 5.95. The van der Waals surface area contributed by atoms with Crippen molar-refractivity contribution in [2.75, 3.05) is 7.05 Å².